The van der Waals surface area contributed by atoms with Crippen molar-refractivity contribution >= 4 is 11.6 Å². The maximum absolute atomic E-state index is 6.34. The molecule has 1 atom stereocenters. The van der Waals surface area contributed by atoms with Crippen LogP contribution in [0.4, 0.5) is 0 Å². The molecule has 0 radical (unpaired) electrons. The van der Waals surface area contributed by atoms with Crippen LogP contribution in [0, 0.1) is 0 Å². The van der Waals surface area contributed by atoms with Crippen molar-refractivity contribution in [3.8, 4) is 11.5 Å². The number of rotatable bonds is 6. The van der Waals surface area contributed by atoms with Crippen LogP contribution in [0.15, 0.2) is 42.5 Å². The number of halogens is 1. The highest BCUT2D eigenvalue weighted by atomic mass is 35.5. The fourth-order valence-electron chi connectivity index (χ4n) is 2.41. The second kappa shape index (κ2) is 7.34. The molecule has 0 bridgehead atoms. The van der Waals surface area contributed by atoms with Crippen molar-refractivity contribution in [2.45, 2.75) is 12.5 Å². The van der Waals surface area contributed by atoms with Crippen LogP contribution in [0.3, 0.4) is 0 Å². The molecule has 0 aromatic heterocycles. The topological polar surface area (TPSA) is 30.5 Å². The quantitative estimate of drug-likeness (QED) is 0.879. The largest absolute Gasteiger partial charge is 0.495 e. The first-order valence-corrected chi connectivity index (χ1v) is 7.20. The van der Waals surface area contributed by atoms with Crippen LogP contribution < -0.4 is 14.8 Å². The second-order valence-electron chi connectivity index (χ2n) is 4.74. The van der Waals surface area contributed by atoms with Crippen molar-refractivity contribution in [2.24, 2.45) is 0 Å². The van der Waals surface area contributed by atoms with E-state index >= 15 is 0 Å². The predicted molar refractivity (Wildman–Crippen MR) is 86.5 cm³/mol. The first-order valence-electron chi connectivity index (χ1n) is 6.82. The van der Waals surface area contributed by atoms with Crippen molar-refractivity contribution in [1.29, 1.82) is 0 Å². The smallest absolute Gasteiger partial charge is 0.146 e. The summed E-state index contributed by atoms with van der Waals surface area (Å²) in [6.07, 6.45) is 0.857. The molecule has 0 aliphatic carbocycles. The summed E-state index contributed by atoms with van der Waals surface area (Å²) in [7, 11) is 5.16. The molecule has 1 unspecified atom stereocenters. The number of benzene rings is 2. The minimum absolute atomic E-state index is 0.116. The van der Waals surface area contributed by atoms with Gasteiger partial charge in [0.05, 0.1) is 14.2 Å². The van der Waals surface area contributed by atoms with E-state index in [2.05, 4.69) is 17.4 Å². The number of hydrogen-bond acceptors (Lipinski definition) is 3. The van der Waals surface area contributed by atoms with Crippen molar-refractivity contribution in [2.75, 3.05) is 21.3 Å². The molecule has 0 fully saturated rings. The van der Waals surface area contributed by atoms with E-state index in [1.165, 1.54) is 5.56 Å². The summed E-state index contributed by atoms with van der Waals surface area (Å²) in [5.41, 5.74) is 2.28. The van der Waals surface area contributed by atoms with Gasteiger partial charge in [-0.05, 0) is 31.2 Å². The summed E-state index contributed by atoms with van der Waals surface area (Å²) in [4.78, 5) is 0. The Morgan fingerprint density at radius 1 is 1.05 bits per heavy atom. The van der Waals surface area contributed by atoms with Crippen LogP contribution in [-0.4, -0.2) is 21.3 Å². The fourth-order valence-corrected chi connectivity index (χ4v) is 2.74. The summed E-state index contributed by atoms with van der Waals surface area (Å²) in [6.45, 7) is 0. The third kappa shape index (κ3) is 3.49. The number of ether oxygens (including phenoxy) is 2. The molecule has 0 spiro atoms. The van der Waals surface area contributed by atoms with E-state index < -0.39 is 0 Å². The Labute approximate surface area is 130 Å². The highest BCUT2D eigenvalue weighted by molar-refractivity contribution is 6.33. The first kappa shape index (κ1) is 15.7. The molecule has 1 N–H and O–H groups in total. The molecule has 0 saturated heterocycles. The first-order chi connectivity index (χ1) is 10.2. The van der Waals surface area contributed by atoms with E-state index in [0.717, 1.165) is 12.0 Å². The molecular formula is C17H20ClNO2. The fraction of sp³-hybridized carbons (Fsp3) is 0.294. The molecule has 0 saturated carbocycles. The van der Waals surface area contributed by atoms with E-state index in [4.69, 9.17) is 21.1 Å². The van der Waals surface area contributed by atoms with E-state index in [-0.39, 0.29) is 6.04 Å². The zero-order valence-corrected chi connectivity index (χ0v) is 13.3. The van der Waals surface area contributed by atoms with Gasteiger partial charge in [-0.25, -0.2) is 0 Å². The lowest BCUT2D eigenvalue weighted by Crippen LogP contribution is -2.19. The van der Waals surface area contributed by atoms with Gasteiger partial charge in [0.25, 0.3) is 0 Å². The average Bonchev–Trinajstić information content (AvgIpc) is 2.53. The Morgan fingerprint density at radius 2 is 1.76 bits per heavy atom. The van der Waals surface area contributed by atoms with Gasteiger partial charge in [-0.3, -0.25) is 0 Å². The SMILES string of the molecule is CNC(Cc1ccccc1)c1ccc(OC)c(Cl)c1OC. The Balaban J connectivity index is 2.36. The van der Waals surface area contributed by atoms with Gasteiger partial charge in [-0.1, -0.05) is 41.9 Å². The van der Waals surface area contributed by atoms with E-state index in [9.17, 15) is 0 Å². The lowest BCUT2D eigenvalue weighted by Gasteiger charge is -2.21. The van der Waals surface area contributed by atoms with Gasteiger partial charge >= 0.3 is 0 Å². The van der Waals surface area contributed by atoms with Crippen molar-refractivity contribution in [1.82, 2.24) is 5.32 Å². The van der Waals surface area contributed by atoms with E-state index in [0.29, 0.717) is 16.5 Å². The summed E-state index contributed by atoms with van der Waals surface area (Å²) in [5.74, 6) is 1.28. The van der Waals surface area contributed by atoms with Gasteiger partial charge in [0.2, 0.25) is 0 Å². The summed E-state index contributed by atoms with van der Waals surface area (Å²) >= 11 is 6.34. The minimum Gasteiger partial charge on any atom is -0.495 e. The monoisotopic (exact) mass is 305 g/mol. The lowest BCUT2D eigenvalue weighted by molar-refractivity contribution is 0.386. The van der Waals surface area contributed by atoms with Gasteiger partial charge in [0.1, 0.15) is 16.5 Å². The average molecular weight is 306 g/mol. The second-order valence-corrected chi connectivity index (χ2v) is 5.11. The standard InChI is InChI=1S/C17H20ClNO2/c1-19-14(11-12-7-5-4-6-8-12)13-9-10-15(20-2)16(18)17(13)21-3/h4-10,14,19H,11H2,1-3H3. The molecule has 2 aromatic rings. The van der Waals surface area contributed by atoms with Crippen molar-refractivity contribution in [3.05, 3.63) is 58.6 Å². The molecule has 0 aliphatic heterocycles. The van der Waals surface area contributed by atoms with Gasteiger partial charge in [-0.15, -0.1) is 0 Å². The lowest BCUT2D eigenvalue weighted by atomic mass is 9.98. The number of likely N-dealkylation sites (N-methyl/N-ethyl adjacent to an activating group) is 1. The summed E-state index contributed by atoms with van der Waals surface area (Å²) in [5, 5.41) is 3.83. The number of nitrogens with one attached hydrogen (secondary N) is 1. The molecular weight excluding hydrogens is 286 g/mol. The summed E-state index contributed by atoms with van der Waals surface area (Å²) < 4.78 is 10.7. The Morgan fingerprint density at radius 3 is 2.33 bits per heavy atom. The number of methoxy groups -OCH3 is 2. The number of hydrogen-bond donors (Lipinski definition) is 1. The molecule has 21 heavy (non-hydrogen) atoms. The van der Waals surface area contributed by atoms with Crippen LogP contribution >= 0.6 is 11.6 Å². The normalized spacial score (nSPS) is 12.0. The van der Waals surface area contributed by atoms with E-state index in [1.54, 1.807) is 14.2 Å². The molecule has 0 aliphatic rings. The minimum atomic E-state index is 0.116. The molecule has 2 rings (SSSR count). The maximum Gasteiger partial charge on any atom is 0.146 e. The van der Waals surface area contributed by atoms with Gasteiger partial charge in [-0.2, -0.15) is 0 Å². The van der Waals surface area contributed by atoms with Crippen LogP contribution in [-0.2, 0) is 6.42 Å². The van der Waals surface area contributed by atoms with Crippen LogP contribution in [0.5, 0.6) is 11.5 Å². The molecule has 0 amide bonds. The molecule has 112 valence electrons. The molecule has 3 nitrogen and oxygen atoms in total. The zero-order valence-electron chi connectivity index (χ0n) is 12.5. The van der Waals surface area contributed by atoms with Crippen LogP contribution in [0.1, 0.15) is 17.2 Å². The predicted octanol–water partition coefficient (Wildman–Crippen LogP) is 3.86. The van der Waals surface area contributed by atoms with Crippen LogP contribution in [0.25, 0.3) is 0 Å². The van der Waals surface area contributed by atoms with E-state index in [1.807, 2.05) is 37.4 Å². The Hall–Kier alpha value is -1.71. The highest BCUT2D eigenvalue weighted by Gasteiger charge is 2.19. The molecule has 0 heterocycles. The van der Waals surface area contributed by atoms with Crippen molar-refractivity contribution < 1.29 is 9.47 Å². The van der Waals surface area contributed by atoms with Gasteiger partial charge in [0, 0.05) is 11.6 Å². The third-order valence-electron chi connectivity index (χ3n) is 3.52. The Bertz CT molecular complexity index is 587. The summed E-state index contributed by atoms with van der Waals surface area (Å²) in [6, 6.07) is 14.3. The highest BCUT2D eigenvalue weighted by Crippen LogP contribution is 2.40. The maximum atomic E-state index is 6.34. The molecule has 4 heteroatoms. The van der Waals surface area contributed by atoms with Gasteiger partial charge in [0.15, 0.2) is 0 Å². The zero-order chi connectivity index (χ0) is 15.2. The van der Waals surface area contributed by atoms with Crippen LogP contribution in [0.2, 0.25) is 5.02 Å². The molecule has 2 aromatic carbocycles. The Kier molecular flexibility index (Phi) is 5.48. The van der Waals surface area contributed by atoms with Crippen molar-refractivity contribution in [3.63, 3.8) is 0 Å². The third-order valence-corrected chi connectivity index (χ3v) is 3.88. The van der Waals surface area contributed by atoms with Gasteiger partial charge < -0.3 is 14.8 Å².